The van der Waals surface area contributed by atoms with Gasteiger partial charge in [0, 0.05) is 24.8 Å². The zero-order valence-electron chi connectivity index (χ0n) is 24.5. The van der Waals surface area contributed by atoms with E-state index in [4.69, 9.17) is 10.5 Å². The Hall–Kier alpha value is -4.72. The SMILES string of the molecule is COc1cc([C@H](Nc2cc(C(N)=O)ccc2F)C(=O)N2CCC[C@@H]2c2cc(N(C)C(=O)O)ccc2S(=O)(=O)C2CC2)ccc1F. The molecule has 3 aromatic rings. The molecular formula is C31H32F2N4O7S. The fourth-order valence-corrected chi connectivity index (χ4v) is 7.44. The number of carbonyl (C=O) groups excluding carboxylic acids is 2. The highest BCUT2D eigenvalue weighted by Gasteiger charge is 2.42. The third-order valence-corrected chi connectivity index (χ3v) is 10.5. The summed E-state index contributed by atoms with van der Waals surface area (Å²) in [6.07, 6.45) is 0.598. The summed E-state index contributed by atoms with van der Waals surface area (Å²) in [5, 5.41) is 11.9. The van der Waals surface area contributed by atoms with E-state index in [9.17, 15) is 32.3 Å². The molecule has 0 radical (unpaired) electrons. The first-order valence-electron chi connectivity index (χ1n) is 14.2. The summed E-state index contributed by atoms with van der Waals surface area (Å²) in [6, 6.07) is 9.23. The summed E-state index contributed by atoms with van der Waals surface area (Å²) in [5.74, 6) is -3.06. The Bertz CT molecular complexity index is 1780. The van der Waals surface area contributed by atoms with Crippen molar-refractivity contribution in [2.75, 3.05) is 30.9 Å². The zero-order valence-corrected chi connectivity index (χ0v) is 25.3. The van der Waals surface area contributed by atoms with Crippen LogP contribution in [0.4, 0.5) is 25.0 Å². The van der Waals surface area contributed by atoms with Gasteiger partial charge in [-0.25, -0.2) is 22.0 Å². The van der Waals surface area contributed by atoms with Crippen molar-refractivity contribution in [3.8, 4) is 5.75 Å². The minimum Gasteiger partial charge on any atom is -0.494 e. The van der Waals surface area contributed by atoms with Crippen LogP contribution in [0.1, 0.15) is 59.3 Å². The molecule has 0 aromatic heterocycles. The van der Waals surface area contributed by atoms with Gasteiger partial charge in [-0.05, 0) is 85.3 Å². The average Bonchev–Trinajstić information content (AvgIpc) is 3.77. The molecule has 1 saturated carbocycles. The van der Waals surface area contributed by atoms with Crippen molar-refractivity contribution in [3.63, 3.8) is 0 Å². The largest absolute Gasteiger partial charge is 0.494 e. The lowest BCUT2D eigenvalue weighted by atomic mass is 10.00. The number of primary amides is 1. The Labute approximate surface area is 258 Å². The third-order valence-electron chi connectivity index (χ3n) is 8.14. The first-order valence-corrected chi connectivity index (χ1v) is 15.7. The lowest BCUT2D eigenvalue weighted by molar-refractivity contribution is -0.133. The summed E-state index contributed by atoms with van der Waals surface area (Å²) >= 11 is 0. The molecular weight excluding hydrogens is 610 g/mol. The molecule has 11 nitrogen and oxygen atoms in total. The van der Waals surface area contributed by atoms with Gasteiger partial charge in [-0.1, -0.05) is 6.07 Å². The highest BCUT2D eigenvalue weighted by atomic mass is 32.2. The zero-order chi connectivity index (χ0) is 32.6. The van der Waals surface area contributed by atoms with Gasteiger partial charge < -0.3 is 25.8 Å². The van der Waals surface area contributed by atoms with E-state index in [1.165, 1.54) is 55.5 Å². The highest BCUT2D eigenvalue weighted by Crippen LogP contribution is 2.43. The van der Waals surface area contributed by atoms with Crippen LogP contribution < -0.4 is 20.7 Å². The molecule has 5 rings (SSSR count). The van der Waals surface area contributed by atoms with Crippen LogP contribution in [0.3, 0.4) is 0 Å². The number of carboxylic acid groups (broad SMARTS) is 1. The standard InChI is InChI=1S/C31H32F2N4O7S/c1-36(31(40)41)19-7-12-27(45(42,43)20-8-9-20)21(16-19)25-4-3-13-37(25)30(39)28(17-5-11-23(33)26(15-17)44-2)35-24-14-18(29(34)38)6-10-22(24)32/h5-7,10-12,14-16,20,25,28,35H,3-4,8-9,13H2,1-2H3,(H2,34,38)(H,40,41)/t25-,28+/m1/s1. The molecule has 2 aliphatic rings. The molecule has 2 fully saturated rings. The molecule has 1 heterocycles. The van der Waals surface area contributed by atoms with Crippen molar-refractivity contribution in [2.24, 2.45) is 5.73 Å². The molecule has 238 valence electrons. The van der Waals surface area contributed by atoms with Crippen LogP contribution in [0.15, 0.2) is 59.5 Å². The van der Waals surface area contributed by atoms with Crippen LogP contribution in [0.2, 0.25) is 0 Å². The van der Waals surface area contributed by atoms with Crippen molar-refractivity contribution in [3.05, 3.63) is 82.9 Å². The van der Waals surface area contributed by atoms with Crippen molar-refractivity contribution in [1.29, 1.82) is 0 Å². The summed E-state index contributed by atoms with van der Waals surface area (Å²) < 4.78 is 61.5. The number of hydrogen-bond donors (Lipinski definition) is 3. The summed E-state index contributed by atoms with van der Waals surface area (Å²) in [4.78, 5) is 40.4. The van der Waals surface area contributed by atoms with E-state index in [0.29, 0.717) is 25.7 Å². The molecule has 4 N–H and O–H groups in total. The van der Waals surface area contributed by atoms with Crippen LogP contribution >= 0.6 is 0 Å². The number of carbonyl (C=O) groups is 3. The topological polar surface area (TPSA) is 159 Å². The van der Waals surface area contributed by atoms with Crippen molar-refractivity contribution < 1.29 is 41.4 Å². The van der Waals surface area contributed by atoms with E-state index in [1.54, 1.807) is 0 Å². The fourth-order valence-electron chi connectivity index (χ4n) is 5.54. The van der Waals surface area contributed by atoms with Gasteiger partial charge in [-0.3, -0.25) is 14.5 Å². The Morgan fingerprint density at radius 1 is 1.04 bits per heavy atom. The van der Waals surface area contributed by atoms with Gasteiger partial charge in [0.1, 0.15) is 11.9 Å². The number of nitrogens with one attached hydrogen (secondary N) is 1. The van der Waals surface area contributed by atoms with Crippen molar-refractivity contribution in [1.82, 2.24) is 4.90 Å². The number of amides is 3. The second-order valence-electron chi connectivity index (χ2n) is 11.0. The van der Waals surface area contributed by atoms with E-state index in [-0.39, 0.29) is 45.3 Å². The molecule has 1 saturated heterocycles. The van der Waals surface area contributed by atoms with Crippen LogP contribution in [0.5, 0.6) is 5.75 Å². The first-order chi connectivity index (χ1) is 21.3. The van der Waals surface area contributed by atoms with E-state index >= 15 is 4.39 Å². The Balaban J connectivity index is 1.61. The lowest BCUT2D eigenvalue weighted by Crippen LogP contribution is -2.38. The van der Waals surface area contributed by atoms with Crippen LogP contribution in [-0.2, 0) is 14.6 Å². The predicted molar refractivity (Wildman–Crippen MR) is 161 cm³/mol. The molecule has 14 heteroatoms. The average molecular weight is 643 g/mol. The molecule has 1 aliphatic carbocycles. The van der Waals surface area contributed by atoms with Crippen LogP contribution in [-0.4, -0.2) is 62.3 Å². The molecule has 1 aliphatic heterocycles. The quantitative estimate of drug-likeness (QED) is 0.289. The van der Waals surface area contributed by atoms with Gasteiger partial charge in [-0.15, -0.1) is 0 Å². The number of ether oxygens (including phenoxy) is 1. The number of nitrogens with two attached hydrogens (primary N) is 1. The van der Waals surface area contributed by atoms with Gasteiger partial charge in [0.25, 0.3) is 0 Å². The summed E-state index contributed by atoms with van der Waals surface area (Å²) in [7, 11) is -1.19. The Morgan fingerprint density at radius 2 is 1.76 bits per heavy atom. The highest BCUT2D eigenvalue weighted by molar-refractivity contribution is 7.92. The number of rotatable bonds is 10. The Kier molecular flexibility index (Phi) is 8.70. The number of halogens is 2. The second kappa shape index (κ2) is 12.3. The summed E-state index contributed by atoms with van der Waals surface area (Å²) in [5.41, 5.74) is 5.85. The number of sulfone groups is 1. The first kappa shape index (κ1) is 31.7. The smallest absolute Gasteiger partial charge is 0.411 e. The maximum Gasteiger partial charge on any atom is 0.411 e. The molecule has 2 atom stereocenters. The lowest BCUT2D eigenvalue weighted by Gasteiger charge is -2.32. The molecule has 0 unspecified atom stereocenters. The maximum atomic E-state index is 15.0. The number of benzene rings is 3. The number of methoxy groups -OCH3 is 1. The number of anilines is 2. The molecule has 0 bridgehead atoms. The van der Waals surface area contributed by atoms with Crippen molar-refractivity contribution in [2.45, 2.75) is 47.9 Å². The predicted octanol–water partition coefficient (Wildman–Crippen LogP) is 4.64. The Morgan fingerprint density at radius 3 is 2.40 bits per heavy atom. The van der Waals surface area contributed by atoms with Gasteiger partial charge in [-0.2, -0.15) is 0 Å². The van der Waals surface area contributed by atoms with Crippen molar-refractivity contribution >= 4 is 39.1 Å². The van der Waals surface area contributed by atoms with E-state index < -0.39 is 56.7 Å². The van der Waals surface area contributed by atoms with Crippen LogP contribution in [0, 0.1) is 11.6 Å². The van der Waals surface area contributed by atoms with E-state index in [2.05, 4.69) is 5.32 Å². The molecule has 45 heavy (non-hydrogen) atoms. The number of likely N-dealkylation sites (tertiary alicyclic amines) is 1. The second-order valence-corrected chi connectivity index (χ2v) is 13.2. The van der Waals surface area contributed by atoms with Crippen LogP contribution in [0.25, 0.3) is 0 Å². The number of hydrogen-bond acceptors (Lipinski definition) is 7. The molecule has 3 amide bonds. The van der Waals surface area contributed by atoms with Gasteiger partial charge in [0.05, 0.1) is 29.0 Å². The number of nitrogens with zero attached hydrogens (tertiary/aromatic N) is 2. The normalized spacial score (nSPS) is 17.1. The minimum absolute atomic E-state index is 0.0184. The van der Waals surface area contributed by atoms with Gasteiger partial charge >= 0.3 is 6.09 Å². The van der Waals surface area contributed by atoms with E-state index in [1.807, 2.05) is 0 Å². The monoisotopic (exact) mass is 642 g/mol. The maximum absolute atomic E-state index is 15.0. The van der Waals surface area contributed by atoms with E-state index in [0.717, 1.165) is 23.1 Å². The van der Waals surface area contributed by atoms with Gasteiger partial charge in [0.15, 0.2) is 21.4 Å². The van der Waals surface area contributed by atoms with Gasteiger partial charge in [0.2, 0.25) is 11.8 Å². The molecule has 0 spiro atoms. The summed E-state index contributed by atoms with van der Waals surface area (Å²) in [6.45, 7) is 0.200. The molecule has 3 aromatic carbocycles. The third kappa shape index (κ3) is 6.27. The minimum atomic E-state index is -3.77. The fraction of sp³-hybridized carbons (Fsp3) is 0.323.